The second-order valence-electron chi connectivity index (χ2n) is 6.92. The second kappa shape index (κ2) is 7.41. The van der Waals surface area contributed by atoms with Crippen LogP contribution in [0.4, 0.5) is 10.1 Å². The minimum absolute atomic E-state index is 0.159. The Balaban J connectivity index is 1.67. The van der Waals surface area contributed by atoms with Crippen LogP contribution in [-0.2, 0) is 15.9 Å². The molecule has 2 N–H and O–H groups in total. The summed E-state index contributed by atoms with van der Waals surface area (Å²) in [5.41, 5.74) is 9.45. The number of amidine groups is 1. The summed E-state index contributed by atoms with van der Waals surface area (Å²) in [6.45, 7) is 2.06. The molecule has 1 fully saturated rings. The highest BCUT2D eigenvalue weighted by Crippen LogP contribution is 2.33. The summed E-state index contributed by atoms with van der Waals surface area (Å²) < 4.78 is 24.8. The number of benzene rings is 1. The molecule has 0 spiro atoms. The number of rotatable bonds is 1. The van der Waals surface area contributed by atoms with Crippen LogP contribution in [0.1, 0.15) is 18.4 Å². The molecule has 0 bridgehead atoms. The largest absolute Gasteiger partial charge is 0.465 e. The van der Waals surface area contributed by atoms with E-state index in [1.54, 1.807) is 6.20 Å². The van der Waals surface area contributed by atoms with Crippen LogP contribution < -0.4 is 5.73 Å². The minimum atomic E-state index is -0.362. The molecule has 4 rings (SSSR count). The van der Waals surface area contributed by atoms with Gasteiger partial charge < -0.3 is 15.2 Å². The summed E-state index contributed by atoms with van der Waals surface area (Å²) >= 11 is 0. The molecule has 26 heavy (non-hydrogen) atoms. The molecule has 0 radical (unpaired) electrons. The first-order valence-corrected chi connectivity index (χ1v) is 8.97. The van der Waals surface area contributed by atoms with Crippen molar-refractivity contribution in [2.24, 2.45) is 22.6 Å². The molecule has 5 nitrogen and oxygen atoms in total. The Labute approximate surface area is 152 Å². The standard InChI is InChI=1S/C20H22FN3O2/c21-18-7-16(9-23-10-18)15-4-3-14-2-1-13-5-6-25-11-17(13)12-26-20(22)24-19(14)8-15/h3-4,7-10,13,17H,1-2,5-6,11-12H2,(H2,22,24). The molecule has 6 heteroatoms. The molecule has 3 heterocycles. The van der Waals surface area contributed by atoms with Crippen LogP contribution >= 0.6 is 0 Å². The Hall–Kier alpha value is -2.47. The number of halogens is 1. The van der Waals surface area contributed by atoms with Crippen molar-refractivity contribution in [3.8, 4) is 11.1 Å². The topological polar surface area (TPSA) is 69.7 Å². The van der Waals surface area contributed by atoms with Crippen molar-refractivity contribution >= 4 is 11.7 Å². The van der Waals surface area contributed by atoms with Gasteiger partial charge in [-0.1, -0.05) is 12.1 Å². The first-order valence-electron chi connectivity index (χ1n) is 8.97. The molecule has 1 aromatic carbocycles. The highest BCUT2D eigenvalue weighted by atomic mass is 19.1. The summed E-state index contributed by atoms with van der Waals surface area (Å²) in [6.07, 6.45) is 5.88. The number of aliphatic imine (C=N–C) groups is 1. The Morgan fingerprint density at radius 1 is 1.04 bits per heavy atom. The van der Waals surface area contributed by atoms with E-state index >= 15 is 0 Å². The van der Waals surface area contributed by atoms with Crippen LogP contribution in [-0.4, -0.2) is 30.8 Å². The van der Waals surface area contributed by atoms with E-state index in [4.69, 9.17) is 15.2 Å². The summed E-state index contributed by atoms with van der Waals surface area (Å²) in [4.78, 5) is 8.39. The van der Waals surface area contributed by atoms with Crippen LogP contribution in [0.25, 0.3) is 11.1 Å². The second-order valence-corrected chi connectivity index (χ2v) is 6.92. The zero-order valence-electron chi connectivity index (χ0n) is 14.5. The van der Waals surface area contributed by atoms with Crippen molar-refractivity contribution in [3.05, 3.63) is 48.0 Å². The molecule has 0 saturated carbocycles. The maximum atomic E-state index is 13.5. The van der Waals surface area contributed by atoms with E-state index in [0.717, 1.165) is 49.3 Å². The van der Waals surface area contributed by atoms with E-state index in [2.05, 4.69) is 9.98 Å². The number of nitrogens with two attached hydrogens (primary N) is 1. The summed E-state index contributed by atoms with van der Waals surface area (Å²) in [5.74, 6) is 0.561. The maximum Gasteiger partial charge on any atom is 0.287 e. The van der Waals surface area contributed by atoms with E-state index in [0.29, 0.717) is 24.0 Å². The fourth-order valence-electron chi connectivity index (χ4n) is 3.72. The normalized spacial score (nSPS) is 23.2. The molecule has 2 aliphatic rings. The molecule has 1 aromatic heterocycles. The fraction of sp³-hybridized carbons (Fsp3) is 0.400. The predicted octanol–water partition coefficient (Wildman–Crippen LogP) is 3.45. The van der Waals surface area contributed by atoms with E-state index in [9.17, 15) is 4.39 Å². The van der Waals surface area contributed by atoms with Gasteiger partial charge in [0.1, 0.15) is 5.82 Å². The van der Waals surface area contributed by atoms with Crippen LogP contribution in [0.3, 0.4) is 0 Å². The average molecular weight is 355 g/mol. The lowest BCUT2D eigenvalue weighted by Crippen LogP contribution is -2.33. The van der Waals surface area contributed by atoms with Crippen molar-refractivity contribution in [1.82, 2.24) is 4.98 Å². The van der Waals surface area contributed by atoms with Crippen LogP contribution in [0.2, 0.25) is 0 Å². The quantitative estimate of drug-likeness (QED) is 0.851. The van der Waals surface area contributed by atoms with Crippen molar-refractivity contribution in [2.75, 3.05) is 19.8 Å². The van der Waals surface area contributed by atoms with Gasteiger partial charge in [0.15, 0.2) is 0 Å². The number of fused-ring (bicyclic) bond motifs is 2. The summed E-state index contributed by atoms with van der Waals surface area (Å²) in [7, 11) is 0. The molecule has 2 aliphatic heterocycles. The summed E-state index contributed by atoms with van der Waals surface area (Å²) in [6, 6.07) is 7.57. The Kier molecular flexibility index (Phi) is 4.84. The van der Waals surface area contributed by atoms with Gasteiger partial charge in [-0.15, -0.1) is 0 Å². The molecule has 0 amide bonds. The third-order valence-electron chi connectivity index (χ3n) is 5.22. The van der Waals surface area contributed by atoms with Crippen molar-refractivity contribution < 1.29 is 13.9 Å². The van der Waals surface area contributed by atoms with E-state index in [1.165, 1.54) is 12.3 Å². The van der Waals surface area contributed by atoms with Crippen molar-refractivity contribution in [3.63, 3.8) is 0 Å². The third-order valence-corrected chi connectivity index (χ3v) is 5.22. The first kappa shape index (κ1) is 17.0. The SMILES string of the molecule is NC1=Nc2cc(-c3cncc(F)c3)ccc2CCC2CCOCC2CO1. The highest BCUT2D eigenvalue weighted by Gasteiger charge is 2.27. The van der Waals surface area contributed by atoms with Gasteiger partial charge in [-0.05, 0) is 48.4 Å². The molecular formula is C20H22FN3O2. The lowest BCUT2D eigenvalue weighted by Gasteiger charge is -2.32. The molecule has 2 atom stereocenters. The molecule has 2 unspecified atom stereocenters. The van der Waals surface area contributed by atoms with E-state index in [-0.39, 0.29) is 11.8 Å². The number of ether oxygens (including phenoxy) is 2. The van der Waals surface area contributed by atoms with Gasteiger partial charge in [0.25, 0.3) is 6.02 Å². The Morgan fingerprint density at radius 3 is 2.85 bits per heavy atom. The molecule has 1 saturated heterocycles. The van der Waals surface area contributed by atoms with Crippen molar-refractivity contribution in [1.29, 1.82) is 0 Å². The first-order chi connectivity index (χ1) is 12.7. The smallest absolute Gasteiger partial charge is 0.287 e. The number of hydrogen-bond acceptors (Lipinski definition) is 5. The number of pyridine rings is 1. The number of aryl methyl sites for hydroxylation is 1. The number of hydrogen-bond donors (Lipinski definition) is 1. The van der Waals surface area contributed by atoms with E-state index < -0.39 is 0 Å². The van der Waals surface area contributed by atoms with Crippen LogP contribution in [0, 0.1) is 17.7 Å². The monoisotopic (exact) mass is 355 g/mol. The molecule has 0 aliphatic carbocycles. The minimum Gasteiger partial charge on any atom is -0.465 e. The molecule has 136 valence electrons. The van der Waals surface area contributed by atoms with Gasteiger partial charge in [-0.3, -0.25) is 4.98 Å². The zero-order valence-corrected chi connectivity index (χ0v) is 14.5. The lowest BCUT2D eigenvalue weighted by molar-refractivity contribution is -0.00722. The van der Waals surface area contributed by atoms with Crippen LogP contribution in [0.5, 0.6) is 0 Å². The maximum absolute atomic E-state index is 13.5. The third kappa shape index (κ3) is 3.70. The highest BCUT2D eigenvalue weighted by molar-refractivity contribution is 5.78. The average Bonchev–Trinajstić information content (AvgIpc) is 2.66. The van der Waals surface area contributed by atoms with Gasteiger partial charge in [-0.2, -0.15) is 4.99 Å². The fourth-order valence-corrected chi connectivity index (χ4v) is 3.72. The van der Waals surface area contributed by atoms with Gasteiger partial charge in [0.05, 0.1) is 25.1 Å². The molecule has 2 aromatic rings. The van der Waals surface area contributed by atoms with Crippen LogP contribution in [0.15, 0.2) is 41.7 Å². The Bertz CT molecular complexity index is 824. The lowest BCUT2D eigenvalue weighted by atomic mass is 9.84. The Morgan fingerprint density at radius 2 is 1.96 bits per heavy atom. The number of nitrogens with zero attached hydrogens (tertiary/aromatic N) is 2. The van der Waals surface area contributed by atoms with Gasteiger partial charge in [-0.25, -0.2) is 4.39 Å². The predicted molar refractivity (Wildman–Crippen MR) is 97.6 cm³/mol. The molecular weight excluding hydrogens is 333 g/mol. The zero-order chi connectivity index (χ0) is 17.9. The van der Waals surface area contributed by atoms with Gasteiger partial charge >= 0.3 is 0 Å². The number of aromatic nitrogens is 1. The summed E-state index contributed by atoms with van der Waals surface area (Å²) in [5, 5.41) is 0. The van der Waals surface area contributed by atoms with Gasteiger partial charge in [0, 0.05) is 24.3 Å². The van der Waals surface area contributed by atoms with E-state index in [1.807, 2.05) is 18.2 Å². The van der Waals surface area contributed by atoms with Crippen molar-refractivity contribution in [2.45, 2.75) is 19.3 Å². The van der Waals surface area contributed by atoms with Gasteiger partial charge in [0.2, 0.25) is 0 Å².